The van der Waals surface area contributed by atoms with Gasteiger partial charge >= 0.3 is 0 Å². The molecule has 1 heterocycles. The van der Waals surface area contributed by atoms with Crippen molar-refractivity contribution in [1.82, 2.24) is 5.32 Å². The predicted octanol–water partition coefficient (Wildman–Crippen LogP) is 2.26. The van der Waals surface area contributed by atoms with Crippen LogP contribution in [0.4, 0.5) is 0 Å². The van der Waals surface area contributed by atoms with E-state index in [0.717, 1.165) is 22.6 Å². The van der Waals surface area contributed by atoms with Crippen LogP contribution in [0.3, 0.4) is 0 Å². The van der Waals surface area contributed by atoms with E-state index in [9.17, 15) is 5.11 Å². The van der Waals surface area contributed by atoms with E-state index in [0.29, 0.717) is 13.1 Å². The van der Waals surface area contributed by atoms with Gasteiger partial charge in [0, 0.05) is 18.0 Å². The number of hydrogen-bond acceptors (Lipinski definition) is 4. The summed E-state index contributed by atoms with van der Waals surface area (Å²) in [6.45, 7) is 5.29. The van der Waals surface area contributed by atoms with Crippen LogP contribution in [0.1, 0.15) is 36.4 Å². The number of hydrogen-bond donors (Lipinski definition) is 2. The van der Waals surface area contributed by atoms with E-state index in [1.165, 1.54) is 11.3 Å². The predicted molar refractivity (Wildman–Crippen MR) is 66.3 cm³/mol. The van der Waals surface area contributed by atoms with Crippen LogP contribution in [0, 0.1) is 11.3 Å². The number of nitrogens with one attached hydrogen (secondary N) is 1. The lowest BCUT2D eigenvalue weighted by Crippen LogP contribution is -2.39. The van der Waals surface area contributed by atoms with E-state index in [1.54, 1.807) is 0 Å². The minimum Gasteiger partial charge on any atom is -0.389 e. The molecule has 88 valence electrons. The van der Waals surface area contributed by atoms with Crippen LogP contribution in [0.15, 0.2) is 12.1 Å². The standard InChI is InChI=1S/C12H18N2OS/c1-3-12(15,4-2)9-14-8-11-6-5-10(7-13)16-11/h5-6,14-15H,3-4,8-9H2,1-2H3. The van der Waals surface area contributed by atoms with Gasteiger partial charge in [0.2, 0.25) is 0 Å². The molecule has 0 saturated carbocycles. The Morgan fingerprint density at radius 1 is 1.44 bits per heavy atom. The van der Waals surface area contributed by atoms with E-state index in [4.69, 9.17) is 5.26 Å². The first-order valence-electron chi connectivity index (χ1n) is 5.55. The summed E-state index contributed by atoms with van der Waals surface area (Å²) in [4.78, 5) is 1.86. The summed E-state index contributed by atoms with van der Waals surface area (Å²) in [5.74, 6) is 0. The van der Waals surface area contributed by atoms with Crippen LogP contribution in [-0.4, -0.2) is 17.3 Å². The Balaban J connectivity index is 2.38. The third kappa shape index (κ3) is 3.60. The Labute approximate surface area is 101 Å². The molecule has 1 rings (SSSR count). The topological polar surface area (TPSA) is 56.0 Å². The molecule has 0 atom stereocenters. The molecule has 0 unspecified atom stereocenters. The zero-order valence-electron chi connectivity index (χ0n) is 9.79. The van der Waals surface area contributed by atoms with E-state index in [-0.39, 0.29) is 0 Å². The van der Waals surface area contributed by atoms with Crippen molar-refractivity contribution in [2.75, 3.05) is 6.54 Å². The van der Waals surface area contributed by atoms with Gasteiger partial charge in [-0.1, -0.05) is 13.8 Å². The van der Waals surface area contributed by atoms with Gasteiger partial charge in [-0.3, -0.25) is 0 Å². The number of nitrogens with zero attached hydrogens (tertiary/aromatic N) is 1. The summed E-state index contributed by atoms with van der Waals surface area (Å²) < 4.78 is 0. The van der Waals surface area contributed by atoms with Crippen LogP contribution in [-0.2, 0) is 6.54 Å². The molecule has 0 amide bonds. The second kappa shape index (κ2) is 6.00. The Morgan fingerprint density at radius 3 is 2.62 bits per heavy atom. The molecule has 0 bridgehead atoms. The van der Waals surface area contributed by atoms with Crippen LogP contribution < -0.4 is 5.32 Å². The number of rotatable bonds is 6. The van der Waals surface area contributed by atoms with E-state index < -0.39 is 5.60 Å². The molecular formula is C12H18N2OS. The molecule has 0 aliphatic rings. The van der Waals surface area contributed by atoms with Crippen molar-refractivity contribution in [1.29, 1.82) is 5.26 Å². The van der Waals surface area contributed by atoms with Gasteiger partial charge < -0.3 is 10.4 Å². The first-order valence-corrected chi connectivity index (χ1v) is 6.37. The van der Waals surface area contributed by atoms with Gasteiger partial charge in [0.15, 0.2) is 0 Å². The molecule has 0 saturated heterocycles. The zero-order chi connectivity index (χ0) is 12.0. The Hall–Kier alpha value is -0.890. The van der Waals surface area contributed by atoms with Gasteiger partial charge in [-0.2, -0.15) is 5.26 Å². The first kappa shape index (κ1) is 13.2. The average Bonchev–Trinajstić information content (AvgIpc) is 2.77. The summed E-state index contributed by atoms with van der Waals surface area (Å²) in [7, 11) is 0. The van der Waals surface area contributed by atoms with Crippen molar-refractivity contribution in [3.63, 3.8) is 0 Å². The lowest BCUT2D eigenvalue weighted by molar-refractivity contribution is 0.0323. The normalized spacial score (nSPS) is 11.4. The van der Waals surface area contributed by atoms with Gasteiger partial charge in [-0.25, -0.2) is 0 Å². The SMILES string of the molecule is CCC(O)(CC)CNCc1ccc(C#N)s1. The summed E-state index contributed by atoms with van der Waals surface area (Å²) in [5, 5.41) is 22.0. The van der Waals surface area contributed by atoms with E-state index >= 15 is 0 Å². The highest BCUT2D eigenvalue weighted by molar-refractivity contribution is 7.12. The van der Waals surface area contributed by atoms with Crippen LogP contribution in [0.25, 0.3) is 0 Å². The van der Waals surface area contributed by atoms with Crippen molar-refractivity contribution in [2.24, 2.45) is 0 Å². The van der Waals surface area contributed by atoms with E-state index in [1.807, 2.05) is 26.0 Å². The van der Waals surface area contributed by atoms with Crippen LogP contribution in [0.2, 0.25) is 0 Å². The monoisotopic (exact) mass is 238 g/mol. The van der Waals surface area contributed by atoms with Crippen molar-refractivity contribution in [2.45, 2.75) is 38.8 Å². The van der Waals surface area contributed by atoms with E-state index in [2.05, 4.69) is 11.4 Å². The van der Waals surface area contributed by atoms with Gasteiger partial charge in [0.05, 0.1) is 5.60 Å². The quantitative estimate of drug-likeness (QED) is 0.799. The molecule has 0 radical (unpaired) electrons. The minimum absolute atomic E-state index is 0.597. The van der Waals surface area contributed by atoms with Crippen molar-refractivity contribution < 1.29 is 5.11 Å². The lowest BCUT2D eigenvalue weighted by atomic mass is 9.98. The summed E-state index contributed by atoms with van der Waals surface area (Å²) in [5.41, 5.74) is -0.602. The summed E-state index contributed by atoms with van der Waals surface area (Å²) in [6, 6.07) is 5.90. The number of nitriles is 1. The molecule has 1 aromatic rings. The highest BCUT2D eigenvalue weighted by atomic mass is 32.1. The molecule has 16 heavy (non-hydrogen) atoms. The molecule has 2 N–H and O–H groups in total. The number of thiophene rings is 1. The maximum absolute atomic E-state index is 10.0. The van der Waals surface area contributed by atoms with Crippen molar-refractivity contribution in [3.05, 3.63) is 21.9 Å². The second-order valence-corrected chi connectivity index (χ2v) is 5.08. The van der Waals surface area contributed by atoms with Gasteiger partial charge in [-0.15, -0.1) is 11.3 Å². The fourth-order valence-corrected chi connectivity index (χ4v) is 2.23. The molecule has 4 heteroatoms. The summed E-state index contributed by atoms with van der Waals surface area (Å²) in [6.07, 6.45) is 1.51. The second-order valence-electron chi connectivity index (χ2n) is 3.91. The smallest absolute Gasteiger partial charge is 0.110 e. The fraction of sp³-hybridized carbons (Fsp3) is 0.583. The molecule has 0 aliphatic heterocycles. The Bertz CT molecular complexity index is 363. The first-order chi connectivity index (χ1) is 7.63. The minimum atomic E-state index is -0.602. The highest BCUT2D eigenvalue weighted by Gasteiger charge is 2.21. The Morgan fingerprint density at radius 2 is 2.12 bits per heavy atom. The molecule has 0 aliphatic carbocycles. The number of aliphatic hydroxyl groups is 1. The highest BCUT2D eigenvalue weighted by Crippen LogP contribution is 2.16. The largest absolute Gasteiger partial charge is 0.389 e. The van der Waals surface area contributed by atoms with Crippen molar-refractivity contribution in [3.8, 4) is 6.07 Å². The Kier molecular flexibility index (Phi) is 4.94. The van der Waals surface area contributed by atoms with Gasteiger partial charge in [0.25, 0.3) is 0 Å². The third-order valence-corrected chi connectivity index (χ3v) is 3.83. The van der Waals surface area contributed by atoms with Gasteiger partial charge in [-0.05, 0) is 25.0 Å². The maximum Gasteiger partial charge on any atom is 0.110 e. The molecule has 0 aromatic carbocycles. The van der Waals surface area contributed by atoms with Crippen LogP contribution >= 0.6 is 11.3 Å². The third-order valence-electron chi connectivity index (χ3n) is 2.84. The zero-order valence-corrected chi connectivity index (χ0v) is 10.6. The maximum atomic E-state index is 10.0. The molecular weight excluding hydrogens is 220 g/mol. The summed E-state index contributed by atoms with van der Waals surface area (Å²) >= 11 is 1.49. The fourth-order valence-electron chi connectivity index (χ4n) is 1.45. The van der Waals surface area contributed by atoms with Crippen LogP contribution in [0.5, 0.6) is 0 Å². The average molecular weight is 238 g/mol. The van der Waals surface area contributed by atoms with Crippen molar-refractivity contribution >= 4 is 11.3 Å². The molecule has 0 spiro atoms. The molecule has 0 fully saturated rings. The van der Waals surface area contributed by atoms with Gasteiger partial charge in [0.1, 0.15) is 10.9 Å². The molecule has 1 aromatic heterocycles. The lowest BCUT2D eigenvalue weighted by Gasteiger charge is -2.25. The molecule has 3 nitrogen and oxygen atoms in total.